The number of aliphatic hydroxyl groups excluding tert-OH is 1. The molecule has 1 aliphatic carbocycles. The van der Waals surface area contributed by atoms with Crippen molar-refractivity contribution in [3.63, 3.8) is 0 Å². The van der Waals surface area contributed by atoms with Gasteiger partial charge in [-0.1, -0.05) is 18.2 Å². The Morgan fingerprint density at radius 2 is 1.97 bits per heavy atom. The van der Waals surface area contributed by atoms with Gasteiger partial charge in [0.25, 0.3) is 0 Å². The molecule has 1 aliphatic rings. The van der Waals surface area contributed by atoms with E-state index in [0.717, 1.165) is 29.7 Å². The van der Waals surface area contributed by atoms with E-state index in [1.807, 2.05) is 6.07 Å². The van der Waals surface area contributed by atoms with E-state index >= 15 is 0 Å². The number of nitrogens with one attached hydrogen (secondary N) is 2. The molecule has 0 spiro atoms. The van der Waals surface area contributed by atoms with Gasteiger partial charge in [-0.15, -0.1) is 11.3 Å². The van der Waals surface area contributed by atoms with Crippen molar-refractivity contribution >= 4 is 37.3 Å². The lowest BCUT2D eigenvalue weighted by molar-refractivity contribution is -0.121. The van der Waals surface area contributed by atoms with Crippen molar-refractivity contribution in [3.8, 4) is 17.2 Å². The largest absolute Gasteiger partial charge is 0.377 e. The third kappa shape index (κ3) is 6.46. The van der Waals surface area contributed by atoms with Gasteiger partial charge in [0.05, 0.1) is 34.1 Å². The number of thiazole rings is 1. The summed E-state index contributed by atoms with van der Waals surface area (Å²) >= 11 is 1.11. The predicted molar refractivity (Wildman–Crippen MR) is 145 cm³/mol. The minimum Gasteiger partial charge on any atom is -0.377 e. The highest BCUT2D eigenvalue weighted by atomic mass is 32.2. The number of benzene rings is 2. The van der Waals surface area contributed by atoms with E-state index in [-0.39, 0.29) is 23.5 Å². The summed E-state index contributed by atoms with van der Waals surface area (Å²) in [5.41, 5.74) is 2.66. The first-order valence-corrected chi connectivity index (χ1v) is 14.7. The molecule has 0 radical (unpaired) electrons. The Bertz CT molecular complexity index is 1660. The van der Waals surface area contributed by atoms with E-state index in [1.165, 1.54) is 18.3 Å². The van der Waals surface area contributed by atoms with Gasteiger partial charge in [-0.2, -0.15) is 9.65 Å². The van der Waals surface area contributed by atoms with Crippen molar-refractivity contribution in [2.75, 3.05) is 6.54 Å². The van der Waals surface area contributed by atoms with Crippen molar-refractivity contribution in [1.82, 2.24) is 20.6 Å². The smallest absolute Gasteiger partial charge is 0.234 e. The Hall–Kier alpha value is -3.76. The number of sulfone groups is 1. The summed E-state index contributed by atoms with van der Waals surface area (Å²) in [4.78, 5) is 20.4. The average Bonchev–Trinajstić information content (AvgIpc) is 3.63. The molecule has 1 amide bonds. The van der Waals surface area contributed by atoms with E-state index < -0.39 is 33.0 Å². The highest BCUT2D eigenvalue weighted by Crippen LogP contribution is 2.36. The molecular weight excluding hydrogens is 541 g/mol. The lowest BCUT2D eigenvalue weighted by Crippen LogP contribution is -2.44. The van der Waals surface area contributed by atoms with Crippen LogP contribution in [-0.2, 0) is 20.4 Å². The minimum atomic E-state index is -4.08. The van der Waals surface area contributed by atoms with E-state index in [1.54, 1.807) is 42.5 Å². The molecule has 9 nitrogen and oxygen atoms in total. The summed E-state index contributed by atoms with van der Waals surface area (Å²) in [7, 11) is -4.08. The quantitative estimate of drug-likeness (QED) is 0.196. The van der Waals surface area contributed by atoms with Gasteiger partial charge in [0, 0.05) is 17.8 Å². The van der Waals surface area contributed by atoms with Crippen molar-refractivity contribution in [2.45, 2.75) is 36.1 Å². The molecule has 12 heteroatoms. The summed E-state index contributed by atoms with van der Waals surface area (Å²) in [6.07, 6.45) is 1.57. The van der Waals surface area contributed by atoms with Crippen LogP contribution in [0.2, 0.25) is 0 Å². The van der Waals surface area contributed by atoms with Gasteiger partial charge in [-0.05, 0) is 60.4 Å². The number of carbonyl (C=O) groups excluding carboxylic acids is 1. The molecule has 2 atom stereocenters. The minimum absolute atomic E-state index is 0.123. The third-order valence-electron chi connectivity index (χ3n) is 6.22. The summed E-state index contributed by atoms with van der Waals surface area (Å²) < 4.78 is 41.4. The van der Waals surface area contributed by atoms with Crippen LogP contribution in [0.5, 0.6) is 0 Å². The molecule has 200 valence electrons. The number of amides is 1. The SMILES string of the molecule is N#Cc1cccc(CS(=O)(=O)C(c2nc3ccc(-c4ccc(F)nc4)cc3s2)C(O)NCC(=O)NC2CC2)c1. The number of hydrogen-bond acceptors (Lipinski definition) is 9. The van der Waals surface area contributed by atoms with Crippen LogP contribution in [0, 0.1) is 17.3 Å². The normalized spacial score (nSPS) is 15.0. The zero-order valence-corrected chi connectivity index (χ0v) is 22.2. The van der Waals surface area contributed by atoms with E-state index in [9.17, 15) is 28.0 Å². The summed E-state index contributed by atoms with van der Waals surface area (Å²) in [5, 5.41) is 24.4. The van der Waals surface area contributed by atoms with Crippen molar-refractivity contribution in [1.29, 1.82) is 5.26 Å². The maximum Gasteiger partial charge on any atom is 0.234 e. The molecule has 5 rings (SSSR count). The summed E-state index contributed by atoms with van der Waals surface area (Å²) in [6, 6.07) is 16.5. The number of nitriles is 1. The van der Waals surface area contributed by atoms with Crippen LogP contribution in [0.3, 0.4) is 0 Å². The zero-order valence-electron chi connectivity index (χ0n) is 20.5. The second kappa shape index (κ2) is 11.2. The first-order valence-electron chi connectivity index (χ1n) is 12.2. The molecule has 0 aliphatic heterocycles. The summed E-state index contributed by atoms with van der Waals surface area (Å²) in [5.74, 6) is -1.38. The molecule has 2 aromatic heterocycles. The molecule has 39 heavy (non-hydrogen) atoms. The van der Waals surface area contributed by atoms with Gasteiger partial charge in [-0.3, -0.25) is 10.1 Å². The van der Waals surface area contributed by atoms with Gasteiger partial charge >= 0.3 is 0 Å². The number of nitrogens with zero attached hydrogens (tertiary/aromatic N) is 3. The molecule has 3 N–H and O–H groups in total. The van der Waals surface area contributed by atoms with Gasteiger partial charge in [0.15, 0.2) is 15.1 Å². The van der Waals surface area contributed by atoms with Crippen LogP contribution in [0.4, 0.5) is 4.39 Å². The fourth-order valence-electron chi connectivity index (χ4n) is 4.14. The maximum absolute atomic E-state index is 13.7. The first-order chi connectivity index (χ1) is 18.7. The standard InChI is InChI=1S/C27H24FN5O4S2/c28-23-9-5-19(13-30-23)18-4-8-21-22(11-18)38-27(33-21)25(26(35)31-14-24(34)32-20-6-7-20)39(36,37)15-17-3-1-2-16(10-17)12-29/h1-5,8-11,13,20,25-26,31,35H,6-7,14-15H2,(H,32,34). The van der Waals surface area contributed by atoms with E-state index in [0.29, 0.717) is 26.9 Å². The second-order valence-electron chi connectivity index (χ2n) is 9.31. The first kappa shape index (κ1) is 26.8. The molecule has 1 saturated carbocycles. The van der Waals surface area contributed by atoms with Crippen molar-refractivity contribution in [2.24, 2.45) is 0 Å². The fourth-order valence-corrected chi connectivity index (χ4v) is 7.41. The van der Waals surface area contributed by atoms with Crippen molar-refractivity contribution in [3.05, 3.63) is 82.9 Å². The average molecular weight is 566 g/mol. The number of fused-ring (bicyclic) bond motifs is 1. The lowest BCUT2D eigenvalue weighted by Gasteiger charge is -2.22. The number of rotatable bonds is 10. The van der Waals surface area contributed by atoms with Gasteiger partial charge < -0.3 is 10.4 Å². The summed E-state index contributed by atoms with van der Waals surface area (Å²) in [6.45, 7) is -0.264. The maximum atomic E-state index is 13.7. The molecule has 1 fully saturated rings. The van der Waals surface area contributed by atoms with Crippen LogP contribution in [0.1, 0.15) is 34.2 Å². The van der Waals surface area contributed by atoms with Gasteiger partial charge in [0.2, 0.25) is 11.9 Å². The predicted octanol–water partition coefficient (Wildman–Crippen LogP) is 3.21. The fraction of sp³-hybridized carbons (Fsp3) is 0.259. The Kier molecular flexibility index (Phi) is 7.67. The molecule has 2 heterocycles. The van der Waals surface area contributed by atoms with Crippen LogP contribution in [0.15, 0.2) is 60.8 Å². The van der Waals surface area contributed by atoms with E-state index in [2.05, 4.69) is 20.6 Å². The molecule has 2 aromatic carbocycles. The number of halogens is 1. The molecule has 4 aromatic rings. The molecule has 2 unspecified atom stereocenters. The van der Waals surface area contributed by atoms with Crippen LogP contribution < -0.4 is 10.6 Å². The van der Waals surface area contributed by atoms with Gasteiger partial charge in [0.1, 0.15) is 11.2 Å². The Morgan fingerprint density at radius 1 is 1.18 bits per heavy atom. The number of pyridine rings is 1. The Balaban J connectivity index is 1.47. The molecule has 0 saturated heterocycles. The zero-order chi connectivity index (χ0) is 27.6. The highest BCUT2D eigenvalue weighted by molar-refractivity contribution is 7.91. The number of carbonyl (C=O) groups is 1. The Labute approximate surface area is 228 Å². The van der Waals surface area contributed by atoms with Gasteiger partial charge in [-0.25, -0.2) is 18.4 Å². The van der Waals surface area contributed by atoms with Crippen LogP contribution >= 0.6 is 11.3 Å². The van der Waals surface area contributed by atoms with E-state index in [4.69, 9.17) is 0 Å². The second-order valence-corrected chi connectivity index (χ2v) is 12.5. The number of aliphatic hydroxyl groups is 1. The topological polar surface area (TPSA) is 145 Å². The van der Waals surface area contributed by atoms with Crippen molar-refractivity contribution < 1.29 is 22.7 Å². The Morgan fingerprint density at radius 3 is 2.69 bits per heavy atom. The highest BCUT2D eigenvalue weighted by Gasteiger charge is 2.37. The third-order valence-corrected chi connectivity index (χ3v) is 9.46. The molecular formula is C27H24FN5O4S2. The lowest BCUT2D eigenvalue weighted by atomic mass is 10.1. The number of aromatic nitrogens is 2. The monoisotopic (exact) mass is 565 g/mol. The number of hydrogen-bond donors (Lipinski definition) is 3. The van der Waals surface area contributed by atoms with Crippen LogP contribution in [-0.4, -0.2) is 48.2 Å². The van der Waals surface area contributed by atoms with Crippen LogP contribution in [0.25, 0.3) is 21.3 Å². The molecule has 0 bridgehead atoms.